The Balaban J connectivity index is 1.74. The first-order valence-electron chi connectivity index (χ1n) is 6.78. The van der Waals surface area contributed by atoms with Crippen LogP contribution in [0.25, 0.3) is 0 Å². The molecule has 2 heterocycles. The molecule has 1 aromatic carbocycles. The molecule has 110 valence electrons. The van der Waals surface area contributed by atoms with Gasteiger partial charge in [0.2, 0.25) is 5.89 Å². The molecule has 21 heavy (non-hydrogen) atoms. The minimum atomic E-state index is -0.261. The molecule has 1 unspecified atom stereocenters. The standard InChI is InChI=1S/C14H15BrN4O2/c1-8-9(4-2-5-10(8)15)12(20)17-14-19-18-13(21-14)11-6-3-7-16-11/h2,4-5,11,16H,3,6-7H2,1H3,(H,17,19,20). The highest BCUT2D eigenvalue weighted by molar-refractivity contribution is 9.10. The summed E-state index contributed by atoms with van der Waals surface area (Å²) in [5, 5.41) is 13.8. The van der Waals surface area contributed by atoms with Crippen LogP contribution in [0.5, 0.6) is 0 Å². The monoisotopic (exact) mass is 350 g/mol. The predicted molar refractivity (Wildman–Crippen MR) is 81.1 cm³/mol. The van der Waals surface area contributed by atoms with Crippen molar-refractivity contribution in [3.05, 3.63) is 39.7 Å². The fourth-order valence-electron chi connectivity index (χ4n) is 2.34. The van der Waals surface area contributed by atoms with Gasteiger partial charge in [0.05, 0.1) is 6.04 Å². The van der Waals surface area contributed by atoms with Crippen molar-refractivity contribution in [1.82, 2.24) is 15.5 Å². The first-order valence-corrected chi connectivity index (χ1v) is 7.57. The zero-order valence-electron chi connectivity index (χ0n) is 11.5. The summed E-state index contributed by atoms with van der Waals surface area (Å²) >= 11 is 3.41. The van der Waals surface area contributed by atoms with Gasteiger partial charge >= 0.3 is 6.01 Å². The van der Waals surface area contributed by atoms with E-state index in [4.69, 9.17) is 4.42 Å². The van der Waals surface area contributed by atoms with Gasteiger partial charge in [-0.05, 0) is 44.0 Å². The van der Waals surface area contributed by atoms with Crippen LogP contribution in [0.2, 0.25) is 0 Å². The molecule has 2 N–H and O–H groups in total. The third kappa shape index (κ3) is 2.98. The summed E-state index contributed by atoms with van der Waals surface area (Å²) in [6.07, 6.45) is 2.06. The smallest absolute Gasteiger partial charge is 0.322 e. The lowest BCUT2D eigenvalue weighted by Crippen LogP contribution is -2.14. The van der Waals surface area contributed by atoms with E-state index >= 15 is 0 Å². The van der Waals surface area contributed by atoms with Crippen molar-refractivity contribution in [3.8, 4) is 0 Å². The van der Waals surface area contributed by atoms with E-state index in [9.17, 15) is 4.79 Å². The van der Waals surface area contributed by atoms with Gasteiger partial charge in [0.15, 0.2) is 0 Å². The van der Waals surface area contributed by atoms with Crippen molar-refractivity contribution in [1.29, 1.82) is 0 Å². The minimum absolute atomic E-state index is 0.0933. The molecular weight excluding hydrogens is 336 g/mol. The van der Waals surface area contributed by atoms with Gasteiger partial charge in [-0.15, -0.1) is 5.10 Å². The van der Waals surface area contributed by atoms with Gasteiger partial charge < -0.3 is 9.73 Å². The summed E-state index contributed by atoms with van der Waals surface area (Å²) < 4.78 is 6.39. The maximum absolute atomic E-state index is 12.2. The van der Waals surface area contributed by atoms with E-state index < -0.39 is 0 Å². The molecule has 1 fully saturated rings. The van der Waals surface area contributed by atoms with Gasteiger partial charge in [-0.25, -0.2) is 0 Å². The number of anilines is 1. The van der Waals surface area contributed by atoms with E-state index in [0.717, 1.165) is 29.4 Å². The molecule has 0 spiro atoms. The minimum Gasteiger partial charge on any atom is -0.406 e. The molecule has 0 aliphatic carbocycles. The Labute approximate surface area is 130 Å². The maximum atomic E-state index is 12.2. The SMILES string of the molecule is Cc1c(Br)cccc1C(=O)Nc1nnc(C2CCCN2)o1. The molecule has 2 aromatic rings. The Morgan fingerprint density at radius 2 is 2.33 bits per heavy atom. The number of amides is 1. The summed E-state index contributed by atoms with van der Waals surface area (Å²) in [6, 6.07) is 5.68. The molecule has 1 aromatic heterocycles. The zero-order chi connectivity index (χ0) is 14.8. The topological polar surface area (TPSA) is 80.0 Å². The molecule has 0 saturated carbocycles. The van der Waals surface area contributed by atoms with Crippen LogP contribution in [0.1, 0.15) is 40.7 Å². The molecule has 1 saturated heterocycles. The Morgan fingerprint density at radius 1 is 1.48 bits per heavy atom. The molecular formula is C14H15BrN4O2. The lowest BCUT2D eigenvalue weighted by atomic mass is 10.1. The van der Waals surface area contributed by atoms with Crippen molar-refractivity contribution >= 4 is 27.9 Å². The number of rotatable bonds is 3. The van der Waals surface area contributed by atoms with Crippen molar-refractivity contribution in [2.24, 2.45) is 0 Å². The second-order valence-corrected chi connectivity index (χ2v) is 5.82. The lowest BCUT2D eigenvalue weighted by Gasteiger charge is -2.06. The Bertz CT molecular complexity index is 665. The number of hydrogen-bond acceptors (Lipinski definition) is 5. The first kappa shape index (κ1) is 14.2. The molecule has 6 nitrogen and oxygen atoms in total. The number of carbonyl (C=O) groups is 1. The van der Waals surface area contributed by atoms with E-state index in [0.29, 0.717) is 11.5 Å². The number of halogens is 1. The number of nitrogens with one attached hydrogen (secondary N) is 2. The molecule has 1 aliphatic rings. The average molecular weight is 351 g/mol. The Kier molecular flexibility index (Phi) is 4.03. The number of benzene rings is 1. The quantitative estimate of drug-likeness (QED) is 0.889. The van der Waals surface area contributed by atoms with E-state index in [1.807, 2.05) is 19.1 Å². The van der Waals surface area contributed by atoms with Gasteiger partial charge in [-0.2, -0.15) is 0 Å². The molecule has 7 heteroatoms. The summed E-state index contributed by atoms with van der Waals surface area (Å²) in [7, 11) is 0. The van der Waals surface area contributed by atoms with Crippen LogP contribution in [-0.4, -0.2) is 22.6 Å². The Morgan fingerprint density at radius 3 is 3.10 bits per heavy atom. The molecule has 3 rings (SSSR count). The van der Waals surface area contributed by atoms with Gasteiger partial charge in [-0.3, -0.25) is 10.1 Å². The molecule has 1 amide bonds. The van der Waals surface area contributed by atoms with Crippen molar-refractivity contribution in [3.63, 3.8) is 0 Å². The number of hydrogen-bond donors (Lipinski definition) is 2. The van der Waals surface area contributed by atoms with Crippen molar-refractivity contribution in [2.45, 2.75) is 25.8 Å². The fraction of sp³-hybridized carbons (Fsp3) is 0.357. The predicted octanol–water partition coefficient (Wildman–Crippen LogP) is 2.82. The highest BCUT2D eigenvalue weighted by Crippen LogP contribution is 2.24. The average Bonchev–Trinajstić information content (AvgIpc) is 3.12. The van der Waals surface area contributed by atoms with Crippen LogP contribution in [0.4, 0.5) is 6.01 Å². The van der Waals surface area contributed by atoms with Crippen LogP contribution < -0.4 is 10.6 Å². The summed E-state index contributed by atoms with van der Waals surface area (Å²) in [5.74, 6) is 0.261. The van der Waals surface area contributed by atoms with Crippen LogP contribution in [0, 0.1) is 6.92 Å². The molecule has 1 atom stereocenters. The van der Waals surface area contributed by atoms with E-state index in [-0.39, 0.29) is 18.0 Å². The second-order valence-electron chi connectivity index (χ2n) is 4.96. The highest BCUT2D eigenvalue weighted by Gasteiger charge is 2.23. The first-order chi connectivity index (χ1) is 10.1. The maximum Gasteiger partial charge on any atom is 0.322 e. The second kappa shape index (κ2) is 5.95. The van der Waals surface area contributed by atoms with Crippen LogP contribution in [-0.2, 0) is 0 Å². The van der Waals surface area contributed by atoms with E-state index in [1.165, 1.54) is 0 Å². The van der Waals surface area contributed by atoms with Crippen LogP contribution in [0.3, 0.4) is 0 Å². The van der Waals surface area contributed by atoms with Gasteiger partial charge in [0.1, 0.15) is 0 Å². The summed E-state index contributed by atoms with van der Waals surface area (Å²) in [4.78, 5) is 12.2. The normalized spacial score (nSPS) is 17.9. The Hall–Kier alpha value is -1.73. The lowest BCUT2D eigenvalue weighted by molar-refractivity contribution is 0.102. The zero-order valence-corrected chi connectivity index (χ0v) is 13.1. The van der Waals surface area contributed by atoms with Gasteiger partial charge in [0.25, 0.3) is 5.91 Å². The van der Waals surface area contributed by atoms with E-state index in [1.54, 1.807) is 6.07 Å². The fourth-order valence-corrected chi connectivity index (χ4v) is 2.71. The van der Waals surface area contributed by atoms with Gasteiger partial charge in [-0.1, -0.05) is 27.1 Å². The number of aromatic nitrogens is 2. The van der Waals surface area contributed by atoms with Crippen molar-refractivity contribution in [2.75, 3.05) is 11.9 Å². The molecule has 1 aliphatic heterocycles. The van der Waals surface area contributed by atoms with Crippen LogP contribution >= 0.6 is 15.9 Å². The number of nitrogens with zero attached hydrogens (tertiary/aromatic N) is 2. The third-order valence-corrected chi connectivity index (χ3v) is 4.39. The molecule has 0 radical (unpaired) electrons. The number of carbonyl (C=O) groups excluding carboxylic acids is 1. The highest BCUT2D eigenvalue weighted by atomic mass is 79.9. The summed E-state index contributed by atoms with van der Waals surface area (Å²) in [5.41, 5.74) is 1.44. The third-order valence-electron chi connectivity index (χ3n) is 3.53. The summed E-state index contributed by atoms with van der Waals surface area (Å²) in [6.45, 7) is 2.83. The van der Waals surface area contributed by atoms with E-state index in [2.05, 4.69) is 36.8 Å². The largest absolute Gasteiger partial charge is 0.406 e. The van der Waals surface area contributed by atoms with Gasteiger partial charge in [0, 0.05) is 10.0 Å². The van der Waals surface area contributed by atoms with Crippen molar-refractivity contribution < 1.29 is 9.21 Å². The molecule has 0 bridgehead atoms. The van der Waals surface area contributed by atoms with Crippen LogP contribution in [0.15, 0.2) is 27.1 Å².